The number of ether oxygens (including phenoxy) is 3. The van der Waals surface area contributed by atoms with Gasteiger partial charge in [0.05, 0.1) is 63.5 Å². The molecule has 0 aliphatic carbocycles. The van der Waals surface area contributed by atoms with Gasteiger partial charge in [-0.3, -0.25) is 4.74 Å². The Kier molecular flexibility index (Phi) is 24.1. The van der Waals surface area contributed by atoms with Crippen molar-refractivity contribution in [3.05, 3.63) is 57.6 Å². The second-order valence-corrected chi connectivity index (χ2v) is 24.3. The van der Waals surface area contributed by atoms with Crippen LogP contribution in [0.25, 0.3) is 0 Å². The van der Waals surface area contributed by atoms with Crippen LogP contribution in [0.3, 0.4) is 0 Å². The number of hydrogen-bond acceptors (Lipinski definition) is 3. The van der Waals surface area contributed by atoms with Crippen molar-refractivity contribution in [2.75, 3.05) is 52.4 Å². The number of unbranched alkanes of at least 4 members (excludes halogenated alkanes) is 7. The highest BCUT2D eigenvalue weighted by atomic mass is 16.8. The van der Waals surface area contributed by atoms with E-state index in [1.807, 2.05) is 0 Å². The normalized spacial score (nSPS) is 17.2. The summed E-state index contributed by atoms with van der Waals surface area (Å²) in [4.78, 5) is 0. The monoisotopic (exact) mass is 931 g/mol. The van der Waals surface area contributed by atoms with Crippen LogP contribution in [0, 0.1) is 11.8 Å². The largest absolute Gasteiger partial charge is 0.459 e. The average Bonchev–Trinajstić information content (AvgIpc) is 3.29. The van der Waals surface area contributed by atoms with E-state index in [-0.39, 0.29) is 10.8 Å². The summed E-state index contributed by atoms with van der Waals surface area (Å²) in [6, 6.07) is 9.85. The topological polar surface area (TPSA) is 27.7 Å². The minimum absolute atomic E-state index is 0.0804. The first kappa shape index (κ1) is 57.5. The lowest BCUT2D eigenvalue weighted by Gasteiger charge is -2.42. The van der Waals surface area contributed by atoms with Crippen LogP contribution in [0.1, 0.15) is 271 Å². The molecule has 0 fully saturated rings. The van der Waals surface area contributed by atoms with Crippen LogP contribution in [-0.4, -0.2) is 61.3 Å². The lowest BCUT2D eigenvalue weighted by Crippen LogP contribution is -2.51. The predicted octanol–water partition coefficient (Wildman–Crippen LogP) is 17.7. The molecule has 5 heteroatoms. The van der Waals surface area contributed by atoms with Crippen molar-refractivity contribution in [1.29, 1.82) is 0 Å². The molecular formula is C62H110N2O3+2. The van der Waals surface area contributed by atoms with Gasteiger partial charge in [-0.2, -0.15) is 0 Å². The zero-order chi connectivity index (χ0) is 49.1. The molecule has 4 rings (SSSR count). The van der Waals surface area contributed by atoms with E-state index in [4.69, 9.17) is 14.2 Å². The maximum absolute atomic E-state index is 7.18. The van der Waals surface area contributed by atoms with E-state index in [0.29, 0.717) is 11.8 Å². The second-order valence-electron chi connectivity index (χ2n) is 24.3. The molecule has 2 aromatic carbocycles. The predicted molar refractivity (Wildman–Crippen MR) is 290 cm³/mol. The Hall–Kier alpha value is -2.08. The third-order valence-electron chi connectivity index (χ3n) is 16.1. The fourth-order valence-corrected chi connectivity index (χ4v) is 11.8. The first-order chi connectivity index (χ1) is 32.0. The summed E-state index contributed by atoms with van der Waals surface area (Å²) in [5.41, 5.74) is 7.39. The first-order valence-electron chi connectivity index (χ1n) is 29.1. The smallest absolute Gasteiger partial charge is 0.233 e. The number of hydrogen-bond donors (Lipinski definition) is 0. The lowest BCUT2D eigenvalue weighted by molar-refractivity contribution is -0.930. The van der Waals surface area contributed by atoms with E-state index in [1.54, 1.807) is 0 Å². The summed E-state index contributed by atoms with van der Waals surface area (Å²) < 4.78 is 23.9. The van der Waals surface area contributed by atoms with Crippen LogP contribution in [0.15, 0.2) is 24.3 Å². The lowest BCUT2D eigenvalue weighted by atomic mass is 9.80. The van der Waals surface area contributed by atoms with Gasteiger partial charge >= 0.3 is 0 Å². The van der Waals surface area contributed by atoms with Crippen molar-refractivity contribution >= 4 is 0 Å². The molecule has 2 bridgehead atoms. The van der Waals surface area contributed by atoms with Crippen molar-refractivity contribution < 1.29 is 23.2 Å². The van der Waals surface area contributed by atoms with Crippen molar-refractivity contribution in [3.8, 4) is 11.5 Å². The van der Waals surface area contributed by atoms with E-state index in [0.717, 1.165) is 35.5 Å². The molecule has 2 aliphatic heterocycles. The SMILES string of the molecule is CCCCC(CCC)Cc1cc2c(c(C(C)(C)C)c1)OC1OC2Oc2c1cc(CC(CCC[N+](CCCC)(CCCC)CCCC)CC[N+](CCCC)(CCCC)CCCC)cc2C(C)(C)C. The Labute approximate surface area is 416 Å². The highest BCUT2D eigenvalue weighted by Crippen LogP contribution is 2.53. The van der Waals surface area contributed by atoms with Gasteiger partial charge in [0.25, 0.3) is 0 Å². The summed E-state index contributed by atoms with van der Waals surface area (Å²) in [5, 5.41) is 0. The summed E-state index contributed by atoms with van der Waals surface area (Å²) in [5.74, 6) is 3.31. The zero-order valence-electron chi connectivity index (χ0n) is 47.0. The highest BCUT2D eigenvalue weighted by molar-refractivity contribution is 5.55. The second kappa shape index (κ2) is 28.1. The van der Waals surface area contributed by atoms with Gasteiger partial charge in [-0.05, 0) is 117 Å². The molecule has 0 spiro atoms. The molecule has 5 nitrogen and oxygen atoms in total. The zero-order valence-corrected chi connectivity index (χ0v) is 47.0. The fraction of sp³-hybridized carbons (Fsp3) is 0.806. The fourth-order valence-electron chi connectivity index (χ4n) is 11.8. The minimum atomic E-state index is -0.486. The molecule has 2 aliphatic rings. The van der Waals surface area contributed by atoms with Crippen LogP contribution in [0.2, 0.25) is 0 Å². The van der Waals surface area contributed by atoms with Gasteiger partial charge in [-0.25, -0.2) is 0 Å². The molecule has 67 heavy (non-hydrogen) atoms. The minimum Gasteiger partial charge on any atom is -0.459 e. The molecule has 0 saturated carbocycles. The molecular weight excluding hydrogens is 821 g/mol. The van der Waals surface area contributed by atoms with E-state index in [1.165, 1.54) is 212 Å². The molecule has 0 radical (unpaired) electrons. The van der Waals surface area contributed by atoms with Gasteiger partial charge in [0, 0.05) is 11.1 Å². The third kappa shape index (κ3) is 17.0. The van der Waals surface area contributed by atoms with Crippen LogP contribution < -0.4 is 9.47 Å². The summed E-state index contributed by atoms with van der Waals surface area (Å²) in [6.07, 6.45) is 27.3. The molecule has 2 heterocycles. The third-order valence-corrected chi connectivity index (χ3v) is 16.1. The number of rotatable bonds is 34. The Balaban J connectivity index is 1.76. The molecule has 0 aromatic heterocycles. The van der Waals surface area contributed by atoms with Gasteiger partial charge < -0.3 is 18.4 Å². The van der Waals surface area contributed by atoms with E-state index in [2.05, 4.69) is 121 Å². The van der Waals surface area contributed by atoms with E-state index >= 15 is 0 Å². The van der Waals surface area contributed by atoms with Gasteiger partial charge in [-0.1, -0.05) is 180 Å². The number of benzene rings is 2. The van der Waals surface area contributed by atoms with Crippen LogP contribution >= 0.6 is 0 Å². The van der Waals surface area contributed by atoms with Crippen LogP contribution in [0.5, 0.6) is 11.5 Å². The summed E-state index contributed by atoms with van der Waals surface area (Å²) >= 11 is 0. The molecule has 0 amide bonds. The quantitative estimate of drug-likeness (QED) is 0.0655. The Morgan fingerprint density at radius 3 is 1.10 bits per heavy atom. The molecule has 0 N–H and O–H groups in total. The molecule has 4 atom stereocenters. The average molecular weight is 932 g/mol. The first-order valence-corrected chi connectivity index (χ1v) is 29.1. The van der Waals surface area contributed by atoms with Gasteiger partial charge in [0.15, 0.2) is 0 Å². The Morgan fingerprint density at radius 2 is 0.746 bits per heavy atom. The number of fused-ring (bicyclic) bond motifs is 6. The summed E-state index contributed by atoms with van der Waals surface area (Å²) in [7, 11) is 0. The standard InChI is InChI=1S/C62H110N2O3/c1-15-23-32-49(31-22-8)43-51-45-53-57(55(47-51)61(9,10)11)65-60-54-46-52(48-56(62(12,13)14)58(54)66-59(53)67-60)44-50(34-42-64(38-27-19-5,39-28-20-6)40-29-21-7)33-30-41-63(35-24-16-2,36-25-17-3)37-26-18-4/h45-50,59-60H,15-44H2,1-14H3/q+2. The van der Waals surface area contributed by atoms with E-state index < -0.39 is 12.6 Å². The van der Waals surface area contributed by atoms with Gasteiger partial charge in [0.1, 0.15) is 11.5 Å². The summed E-state index contributed by atoms with van der Waals surface area (Å²) in [6.45, 7) is 43.9. The maximum Gasteiger partial charge on any atom is 0.233 e. The van der Waals surface area contributed by atoms with E-state index in [9.17, 15) is 0 Å². The van der Waals surface area contributed by atoms with Crippen LogP contribution in [-0.2, 0) is 28.4 Å². The highest BCUT2D eigenvalue weighted by Gasteiger charge is 2.43. The molecule has 0 saturated heterocycles. The molecule has 384 valence electrons. The van der Waals surface area contributed by atoms with Crippen molar-refractivity contribution in [2.24, 2.45) is 11.8 Å². The van der Waals surface area contributed by atoms with Gasteiger partial charge in [-0.15, -0.1) is 0 Å². The number of nitrogens with zero attached hydrogens (tertiary/aromatic N) is 2. The van der Waals surface area contributed by atoms with Crippen molar-refractivity contribution in [1.82, 2.24) is 0 Å². The Morgan fingerprint density at radius 1 is 0.403 bits per heavy atom. The number of quaternary nitrogens is 2. The molecule has 4 unspecified atom stereocenters. The molecule has 2 aromatic rings. The Bertz CT molecular complexity index is 1660. The van der Waals surface area contributed by atoms with Gasteiger partial charge in [0.2, 0.25) is 12.6 Å². The maximum atomic E-state index is 7.18. The van der Waals surface area contributed by atoms with Crippen molar-refractivity contribution in [3.63, 3.8) is 0 Å². The van der Waals surface area contributed by atoms with Crippen molar-refractivity contribution in [2.45, 2.75) is 262 Å². The van der Waals surface area contributed by atoms with Crippen LogP contribution in [0.4, 0.5) is 0 Å².